The van der Waals surface area contributed by atoms with E-state index in [-0.39, 0.29) is 5.97 Å². The van der Waals surface area contributed by atoms with Crippen LogP contribution in [-0.2, 0) is 0 Å². The Bertz CT molecular complexity index is 788. The van der Waals surface area contributed by atoms with Gasteiger partial charge in [0.05, 0.1) is 10.0 Å². The molecule has 0 aromatic heterocycles. The standard InChI is InChI=1S/C29H42BrNO2/c1-24(2)16-12-10-8-6-4-3-5-7-9-11-15-23-31-26-21-19-25(20-22-26)29(32)33-28-18-14-13-17-27(28)30/h13-14,17-22,24,31H,3-12,15-16,23H2,1-2H3. The molecule has 0 spiro atoms. The highest BCUT2D eigenvalue weighted by Crippen LogP contribution is 2.25. The average molecular weight is 517 g/mol. The number of carbonyl (C=O) groups is 1. The summed E-state index contributed by atoms with van der Waals surface area (Å²) in [5, 5.41) is 3.45. The molecule has 0 atom stereocenters. The van der Waals surface area contributed by atoms with E-state index in [2.05, 4.69) is 35.1 Å². The first kappa shape index (κ1) is 27.4. The SMILES string of the molecule is CC(C)CCCCCCCCCCCCCNc1ccc(C(=O)Oc2ccccc2Br)cc1. The highest BCUT2D eigenvalue weighted by Gasteiger charge is 2.10. The summed E-state index contributed by atoms with van der Waals surface area (Å²) in [6, 6.07) is 14.9. The summed E-state index contributed by atoms with van der Waals surface area (Å²) in [5.41, 5.74) is 1.59. The Labute approximate surface area is 209 Å². The highest BCUT2D eigenvalue weighted by molar-refractivity contribution is 9.10. The molecule has 1 N–H and O–H groups in total. The van der Waals surface area contributed by atoms with Crippen molar-refractivity contribution in [3.05, 3.63) is 58.6 Å². The number of hydrogen-bond donors (Lipinski definition) is 1. The van der Waals surface area contributed by atoms with E-state index >= 15 is 0 Å². The van der Waals surface area contributed by atoms with Crippen molar-refractivity contribution in [3.8, 4) is 5.75 Å². The van der Waals surface area contributed by atoms with Gasteiger partial charge < -0.3 is 10.1 Å². The smallest absolute Gasteiger partial charge is 0.343 e. The van der Waals surface area contributed by atoms with Gasteiger partial charge in [-0.15, -0.1) is 0 Å². The number of esters is 1. The number of nitrogens with one attached hydrogen (secondary N) is 1. The second kappa shape index (κ2) is 16.7. The van der Waals surface area contributed by atoms with Gasteiger partial charge in [-0.05, 0) is 64.7 Å². The summed E-state index contributed by atoms with van der Waals surface area (Å²) in [6.45, 7) is 5.61. The van der Waals surface area contributed by atoms with Gasteiger partial charge in [-0.25, -0.2) is 4.79 Å². The molecular weight excluding hydrogens is 474 g/mol. The number of carbonyl (C=O) groups excluding carboxylic acids is 1. The third-order valence-corrected chi connectivity index (χ3v) is 6.60. The van der Waals surface area contributed by atoms with Crippen LogP contribution in [0.4, 0.5) is 5.69 Å². The van der Waals surface area contributed by atoms with Gasteiger partial charge in [0.1, 0.15) is 5.75 Å². The van der Waals surface area contributed by atoms with Crippen LogP contribution in [-0.4, -0.2) is 12.5 Å². The van der Waals surface area contributed by atoms with Crippen LogP contribution in [0.15, 0.2) is 53.0 Å². The number of benzene rings is 2. The summed E-state index contributed by atoms with van der Waals surface area (Å²) >= 11 is 3.40. The van der Waals surface area contributed by atoms with E-state index in [1.165, 1.54) is 77.0 Å². The number of ether oxygens (including phenoxy) is 1. The van der Waals surface area contributed by atoms with Crippen LogP contribution in [0.25, 0.3) is 0 Å². The zero-order valence-electron chi connectivity index (χ0n) is 20.6. The lowest BCUT2D eigenvalue weighted by Crippen LogP contribution is -2.09. The second-order valence-electron chi connectivity index (χ2n) is 9.40. The molecule has 0 fully saturated rings. The van der Waals surface area contributed by atoms with Crippen molar-refractivity contribution >= 4 is 27.6 Å². The zero-order valence-corrected chi connectivity index (χ0v) is 22.2. The second-order valence-corrected chi connectivity index (χ2v) is 10.3. The van der Waals surface area contributed by atoms with Crippen molar-refractivity contribution in [2.45, 2.75) is 90.9 Å². The number of hydrogen-bond acceptors (Lipinski definition) is 3. The molecule has 182 valence electrons. The molecule has 0 aliphatic heterocycles. The molecule has 2 aromatic rings. The number of unbranched alkanes of at least 4 members (excludes halogenated alkanes) is 10. The van der Waals surface area contributed by atoms with Gasteiger partial charge in [-0.2, -0.15) is 0 Å². The number of halogens is 1. The van der Waals surface area contributed by atoms with Crippen molar-refractivity contribution in [2.75, 3.05) is 11.9 Å². The van der Waals surface area contributed by atoms with Crippen LogP contribution in [0.5, 0.6) is 5.75 Å². The topological polar surface area (TPSA) is 38.3 Å². The molecule has 3 nitrogen and oxygen atoms in total. The first-order valence-electron chi connectivity index (χ1n) is 12.9. The average Bonchev–Trinajstić information content (AvgIpc) is 2.81. The first-order valence-corrected chi connectivity index (χ1v) is 13.7. The van der Waals surface area contributed by atoms with Crippen LogP contribution < -0.4 is 10.1 Å². The number of anilines is 1. The molecule has 0 heterocycles. The van der Waals surface area contributed by atoms with E-state index in [1.54, 1.807) is 6.07 Å². The Morgan fingerprint density at radius 2 is 1.33 bits per heavy atom. The van der Waals surface area contributed by atoms with E-state index < -0.39 is 0 Å². The maximum Gasteiger partial charge on any atom is 0.343 e. The molecule has 0 saturated heterocycles. The van der Waals surface area contributed by atoms with Crippen molar-refractivity contribution in [2.24, 2.45) is 5.92 Å². The van der Waals surface area contributed by atoms with Crippen molar-refractivity contribution in [1.29, 1.82) is 0 Å². The minimum Gasteiger partial charge on any atom is -0.422 e. The van der Waals surface area contributed by atoms with Crippen LogP contribution in [0.1, 0.15) is 101 Å². The summed E-state index contributed by atoms with van der Waals surface area (Å²) in [4.78, 5) is 12.3. The quantitative estimate of drug-likeness (QED) is 0.129. The van der Waals surface area contributed by atoms with Gasteiger partial charge >= 0.3 is 5.97 Å². The van der Waals surface area contributed by atoms with Gasteiger partial charge in [0.2, 0.25) is 0 Å². The van der Waals surface area contributed by atoms with E-state index in [1.807, 2.05) is 42.5 Å². The van der Waals surface area contributed by atoms with E-state index in [9.17, 15) is 4.79 Å². The Hall–Kier alpha value is -1.81. The molecule has 2 rings (SSSR count). The van der Waals surface area contributed by atoms with E-state index in [0.717, 1.165) is 22.6 Å². The monoisotopic (exact) mass is 515 g/mol. The normalized spacial score (nSPS) is 11.0. The van der Waals surface area contributed by atoms with Crippen LogP contribution in [0.2, 0.25) is 0 Å². The van der Waals surface area contributed by atoms with Crippen LogP contribution >= 0.6 is 15.9 Å². The predicted molar refractivity (Wildman–Crippen MR) is 144 cm³/mol. The summed E-state index contributed by atoms with van der Waals surface area (Å²) in [7, 11) is 0. The fraction of sp³-hybridized carbons (Fsp3) is 0.552. The van der Waals surface area contributed by atoms with Crippen LogP contribution in [0, 0.1) is 5.92 Å². The van der Waals surface area contributed by atoms with Crippen molar-refractivity contribution < 1.29 is 9.53 Å². The Morgan fingerprint density at radius 1 is 0.788 bits per heavy atom. The van der Waals surface area contributed by atoms with Crippen LogP contribution in [0.3, 0.4) is 0 Å². The first-order chi connectivity index (χ1) is 16.1. The summed E-state index contributed by atoms with van der Waals surface area (Å²) in [5.74, 6) is 1.04. The highest BCUT2D eigenvalue weighted by atomic mass is 79.9. The Morgan fingerprint density at radius 3 is 1.91 bits per heavy atom. The van der Waals surface area contributed by atoms with E-state index in [4.69, 9.17) is 4.74 Å². The molecule has 2 aromatic carbocycles. The Kier molecular flexibility index (Phi) is 13.9. The van der Waals surface area contributed by atoms with E-state index in [0.29, 0.717) is 11.3 Å². The molecule has 0 saturated carbocycles. The number of rotatable bonds is 17. The molecule has 0 aliphatic rings. The van der Waals surface area contributed by atoms with Gasteiger partial charge in [-0.1, -0.05) is 96.6 Å². The van der Waals surface area contributed by atoms with Crippen molar-refractivity contribution in [3.63, 3.8) is 0 Å². The molecule has 4 heteroatoms. The fourth-order valence-electron chi connectivity index (χ4n) is 3.91. The minimum absolute atomic E-state index is 0.348. The lowest BCUT2D eigenvalue weighted by molar-refractivity contribution is 0.0733. The Balaban J connectivity index is 1.47. The molecule has 33 heavy (non-hydrogen) atoms. The largest absolute Gasteiger partial charge is 0.422 e. The summed E-state index contributed by atoms with van der Waals surface area (Å²) < 4.78 is 6.22. The molecule has 0 amide bonds. The number of para-hydroxylation sites is 1. The van der Waals surface area contributed by atoms with Crippen molar-refractivity contribution in [1.82, 2.24) is 0 Å². The molecule has 0 bridgehead atoms. The van der Waals surface area contributed by atoms with Gasteiger partial charge in [0.15, 0.2) is 0 Å². The third kappa shape index (κ3) is 12.3. The van der Waals surface area contributed by atoms with Gasteiger partial charge in [0, 0.05) is 12.2 Å². The maximum atomic E-state index is 12.3. The molecule has 0 aliphatic carbocycles. The maximum absolute atomic E-state index is 12.3. The molecular formula is C29H42BrNO2. The van der Waals surface area contributed by atoms with Gasteiger partial charge in [-0.3, -0.25) is 0 Å². The minimum atomic E-state index is -0.348. The molecule has 0 unspecified atom stereocenters. The lowest BCUT2D eigenvalue weighted by atomic mass is 10.0. The molecule has 0 radical (unpaired) electrons. The zero-order chi connectivity index (χ0) is 23.7. The van der Waals surface area contributed by atoms with Gasteiger partial charge in [0.25, 0.3) is 0 Å². The summed E-state index contributed by atoms with van der Waals surface area (Å²) in [6.07, 6.45) is 16.4. The third-order valence-electron chi connectivity index (χ3n) is 5.95. The lowest BCUT2D eigenvalue weighted by Gasteiger charge is -2.09. The predicted octanol–water partition coefficient (Wildman–Crippen LogP) is 9.42. The fourth-order valence-corrected chi connectivity index (χ4v) is 4.28.